The Morgan fingerprint density at radius 3 is 2.54 bits per heavy atom. The Morgan fingerprint density at radius 1 is 1.18 bits per heavy atom. The second-order valence-corrected chi connectivity index (χ2v) is 7.49. The summed E-state index contributed by atoms with van der Waals surface area (Å²) in [5.41, 5.74) is 2.50. The number of nitrogens with two attached hydrogens (primary N) is 1. The Kier molecular flexibility index (Phi) is 5.90. The van der Waals surface area contributed by atoms with E-state index in [1.807, 2.05) is 24.3 Å². The number of nitrogens with one attached hydrogen (secondary N) is 2. The van der Waals surface area contributed by atoms with Crippen molar-refractivity contribution in [3.05, 3.63) is 48.0 Å². The minimum Gasteiger partial charge on any atom is -0.389 e. The molecule has 0 aliphatic rings. The maximum absolute atomic E-state index is 12.0. The quantitative estimate of drug-likeness (QED) is 0.403. The number of Topliss-reactive ketones (excluding diaryl/α,β-unsaturated/α-hetero) is 1. The predicted molar refractivity (Wildman–Crippen MR) is 100 cm³/mol. The van der Waals surface area contributed by atoms with Gasteiger partial charge in [0.25, 0.3) is 0 Å². The van der Waals surface area contributed by atoms with Gasteiger partial charge in [0.05, 0.1) is 17.0 Å². The fourth-order valence-electron chi connectivity index (χ4n) is 2.71. The van der Waals surface area contributed by atoms with E-state index in [-0.39, 0.29) is 28.6 Å². The van der Waals surface area contributed by atoms with Gasteiger partial charge >= 0.3 is 0 Å². The van der Waals surface area contributed by atoms with Crippen molar-refractivity contribution >= 4 is 15.8 Å². The van der Waals surface area contributed by atoms with Crippen LogP contribution in [0.4, 0.5) is 0 Å². The number of benzene rings is 2. The van der Waals surface area contributed by atoms with Crippen molar-refractivity contribution in [2.45, 2.75) is 11.4 Å². The van der Waals surface area contributed by atoms with Crippen molar-refractivity contribution in [2.75, 3.05) is 13.2 Å². The zero-order valence-electron chi connectivity index (χ0n) is 14.7. The van der Waals surface area contributed by atoms with Crippen LogP contribution < -0.4 is 10.5 Å². The Balaban J connectivity index is 1.95. The molecule has 0 unspecified atom stereocenters. The molecule has 3 aromatic rings. The topological polar surface area (TPSA) is 164 Å². The van der Waals surface area contributed by atoms with Gasteiger partial charge in [-0.15, -0.1) is 10.2 Å². The number of nitrogens with zero attached hydrogens (tertiary/aromatic N) is 3. The number of rotatable bonds is 8. The molecule has 5 N–H and O–H groups in total. The highest BCUT2D eigenvalue weighted by Gasteiger charge is 2.22. The van der Waals surface area contributed by atoms with Crippen LogP contribution in [-0.2, 0) is 21.4 Å². The third-order valence-electron chi connectivity index (χ3n) is 3.99. The number of carbonyl (C=O) groups is 1. The fraction of sp³-hybridized carbons (Fsp3) is 0.176. The molecule has 1 heterocycles. The SMILES string of the molecule is NS(=O)(=O)c1cccc(-c2ccc(CNCC(=O)CO)cc2)c1-c1nn[nH]n1. The first kappa shape index (κ1) is 19.8. The highest BCUT2D eigenvalue weighted by molar-refractivity contribution is 7.89. The number of hydrogen-bond acceptors (Lipinski definition) is 8. The third-order valence-corrected chi connectivity index (χ3v) is 4.95. The van der Waals surface area contributed by atoms with Crippen molar-refractivity contribution < 1.29 is 18.3 Å². The number of sulfonamides is 1. The van der Waals surface area contributed by atoms with E-state index in [9.17, 15) is 13.2 Å². The summed E-state index contributed by atoms with van der Waals surface area (Å²) in [5.74, 6) is -0.172. The van der Waals surface area contributed by atoms with E-state index in [4.69, 9.17) is 10.2 Å². The summed E-state index contributed by atoms with van der Waals surface area (Å²) in [5, 5.41) is 30.6. The molecular weight excluding hydrogens is 384 g/mol. The molecule has 146 valence electrons. The van der Waals surface area contributed by atoms with Gasteiger partial charge in [0.15, 0.2) is 5.78 Å². The van der Waals surface area contributed by atoms with E-state index in [1.165, 1.54) is 6.07 Å². The van der Waals surface area contributed by atoms with E-state index in [2.05, 4.69) is 25.9 Å². The molecule has 0 aliphatic carbocycles. The van der Waals surface area contributed by atoms with Gasteiger partial charge in [0.1, 0.15) is 6.61 Å². The van der Waals surface area contributed by atoms with Crippen LogP contribution in [0.1, 0.15) is 5.56 Å². The minimum absolute atomic E-state index is 0.0800. The second-order valence-electron chi connectivity index (χ2n) is 5.96. The van der Waals surface area contributed by atoms with Gasteiger partial charge in [-0.2, -0.15) is 5.21 Å². The van der Waals surface area contributed by atoms with Crippen molar-refractivity contribution in [3.8, 4) is 22.5 Å². The van der Waals surface area contributed by atoms with E-state index < -0.39 is 16.6 Å². The zero-order chi connectivity index (χ0) is 20.1. The lowest BCUT2D eigenvalue weighted by molar-refractivity contribution is -0.120. The molecule has 3 rings (SSSR count). The smallest absolute Gasteiger partial charge is 0.238 e. The summed E-state index contributed by atoms with van der Waals surface area (Å²) in [4.78, 5) is 11.0. The van der Waals surface area contributed by atoms with Gasteiger partial charge in [0, 0.05) is 6.54 Å². The number of ketones is 1. The first-order chi connectivity index (χ1) is 13.4. The average Bonchev–Trinajstić information content (AvgIpc) is 3.21. The molecule has 0 atom stereocenters. The summed E-state index contributed by atoms with van der Waals surface area (Å²) in [7, 11) is -4.00. The van der Waals surface area contributed by atoms with Gasteiger partial charge in [-0.25, -0.2) is 13.6 Å². The largest absolute Gasteiger partial charge is 0.389 e. The lowest BCUT2D eigenvalue weighted by Crippen LogP contribution is -2.24. The number of aliphatic hydroxyl groups excluding tert-OH is 1. The first-order valence-electron chi connectivity index (χ1n) is 8.22. The molecule has 11 heteroatoms. The summed E-state index contributed by atoms with van der Waals surface area (Å²) in [6, 6.07) is 12.0. The number of hydrogen-bond donors (Lipinski definition) is 4. The van der Waals surface area contributed by atoms with E-state index in [1.54, 1.807) is 12.1 Å². The lowest BCUT2D eigenvalue weighted by atomic mass is 9.98. The molecule has 0 saturated carbocycles. The highest BCUT2D eigenvalue weighted by Crippen LogP contribution is 2.34. The molecule has 0 radical (unpaired) electrons. The molecule has 0 spiro atoms. The minimum atomic E-state index is -4.00. The van der Waals surface area contributed by atoms with Crippen molar-refractivity contribution in [1.82, 2.24) is 25.9 Å². The first-order valence-corrected chi connectivity index (χ1v) is 9.77. The van der Waals surface area contributed by atoms with Crippen LogP contribution in [0.3, 0.4) is 0 Å². The predicted octanol–water partition coefficient (Wildman–Crippen LogP) is -0.168. The molecule has 0 amide bonds. The van der Waals surface area contributed by atoms with Crippen LogP contribution in [0.15, 0.2) is 47.4 Å². The van der Waals surface area contributed by atoms with Gasteiger partial charge in [-0.05, 0) is 28.0 Å². The van der Waals surface area contributed by atoms with Crippen LogP contribution in [-0.4, -0.2) is 53.1 Å². The van der Waals surface area contributed by atoms with Crippen molar-refractivity contribution in [2.24, 2.45) is 5.14 Å². The monoisotopic (exact) mass is 402 g/mol. The maximum Gasteiger partial charge on any atom is 0.238 e. The average molecular weight is 402 g/mol. The highest BCUT2D eigenvalue weighted by atomic mass is 32.2. The van der Waals surface area contributed by atoms with Gasteiger partial charge in [-0.3, -0.25) is 4.79 Å². The molecule has 1 aromatic heterocycles. The molecule has 28 heavy (non-hydrogen) atoms. The summed E-state index contributed by atoms with van der Waals surface area (Å²) < 4.78 is 24.0. The van der Waals surface area contributed by atoms with E-state index in [0.29, 0.717) is 12.1 Å². The lowest BCUT2D eigenvalue weighted by Gasteiger charge is -2.12. The van der Waals surface area contributed by atoms with Crippen LogP contribution in [0.5, 0.6) is 0 Å². The maximum atomic E-state index is 12.0. The Morgan fingerprint density at radius 2 is 1.93 bits per heavy atom. The number of carbonyl (C=O) groups excluding carboxylic acids is 1. The fourth-order valence-corrected chi connectivity index (χ4v) is 3.47. The molecule has 0 aliphatic heterocycles. The van der Waals surface area contributed by atoms with Crippen molar-refractivity contribution in [3.63, 3.8) is 0 Å². The molecular formula is C17H18N6O4S. The van der Waals surface area contributed by atoms with Crippen LogP contribution in [0.2, 0.25) is 0 Å². The number of aliphatic hydroxyl groups is 1. The number of aromatic amines is 1. The summed E-state index contributed by atoms with van der Waals surface area (Å²) in [6.07, 6.45) is 0. The Bertz CT molecular complexity index is 1070. The summed E-state index contributed by atoms with van der Waals surface area (Å²) in [6.45, 7) is 0.0305. The van der Waals surface area contributed by atoms with Gasteiger partial charge in [-0.1, -0.05) is 36.4 Å². The second kappa shape index (κ2) is 8.35. The Hall–Kier alpha value is -2.99. The Labute approximate surface area is 160 Å². The number of H-pyrrole nitrogens is 1. The molecule has 0 bridgehead atoms. The normalized spacial score (nSPS) is 11.5. The number of tetrazole rings is 1. The van der Waals surface area contributed by atoms with Crippen molar-refractivity contribution in [1.29, 1.82) is 0 Å². The number of primary sulfonamides is 1. The van der Waals surface area contributed by atoms with Crippen LogP contribution >= 0.6 is 0 Å². The summed E-state index contributed by atoms with van der Waals surface area (Å²) >= 11 is 0. The van der Waals surface area contributed by atoms with Crippen LogP contribution in [0, 0.1) is 0 Å². The molecule has 0 saturated heterocycles. The van der Waals surface area contributed by atoms with E-state index >= 15 is 0 Å². The molecule has 10 nitrogen and oxygen atoms in total. The van der Waals surface area contributed by atoms with Crippen LogP contribution in [0.25, 0.3) is 22.5 Å². The third kappa shape index (κ3) is 4.46. The molecule has 2 aromatic carbocycles. The zero-order valence-corrected chi connectivity index (χ0v) is 15.5. The van der Waals surface area contributed by atoms with E-state index in [0.717, 1.165) is 11.1 Å². The standard InChI is InChI=1S/C17H18N6O4S/c18-28(26,27)15-3-1-2-14(16(15)17-20-22-23-21-17)12-6-4-11(5-7-12)8-19-9-13(25)10-24/h1-7,19,24H,8-10H2,(H2,18,26,27)(H,20,21,22,23). The van der Waals surface area contributed by atoms with Gasteiger partial charge in [0.2, 0.25) is 15.8 Å². The number of aromatic nitrogens is 4. The van der Waals surface area contributed by atoms with Gasteiger partial charge < -0.3 is 10.4 Å². The molecule has 0 fully saturated rings.